The molecule has 0 aromatic heterocycles. The van der Waals surface area contributed by atoms with Crippen molar-refractivity contribution < 1.29 is 15.0 Å². The number of rotatable bonds is 5. The maximum Gasteiger partial charge on any atom is 0.303 e. The Morgan fingerprint density at radius 3 is 1.33 bits per heavy atom. The molecule has 0 heterocycles. The van der Waals surface area contributed by atoms with Gasteiger partial charge in [0.1, 0.15) is 0 Å². The molecule has 0 fully saturated rings. The van der Waals surface area contributed by atoms with Crippen LogP contribution in [0.2, 0.25) is 0 Å². The highest BCUT2D eigenvalue weighted by Crippen LogP contribution is 1.95. The van der Waals surface area contributed by atoms with Crippen LogP contribution in [0.25, 0.3) is 0 Å². The average Bonchev–Trinajstić information content (AvgIpc) is 2.16. The van der Waals surface area contributed by atoms with E-state index in [2.05, 4.69) is 13.8 Å². The summed E-state index contributed by atoms with van der Waals surface area (Å²) < 4.78 is 0. The lowest BCUT2D eigenvalue weighted by Crippen LogP contribution is -1.90. The first kappa shape index (κ1) is 19.9. The highest BCUT2D eigenvalue weighted by molar-refractivity contribution is 5.66. The zero-order chi connectivity index (χ0) is 12.5. The minimum atomic E-state index is -0.711. The van der Waals surface area contributed by atoms with Gasteiger partial charge >= 0.3 is 5.97 Å². The molecular formula is C12H28O3. The molecule has 94 valence electrons. The van der Waals surface area contributed by atoms with Gasteiger partial charge < -0.3 is 10.2 Å². The molecule has 0 amide bonds. The molecule has 2 N–H and O–H groups in total. The molecule has 0 aromatic rings. The molecule has 0 unspecified atom stereocenters. The van der Waals surface area contributed by atoms with Gasteiger partial charge in [0.05, 0.1) is 0 Å². The summed E-state index contributed by atoms with van der Waals surface area (Å²) in [6, 6.07) is 0. The normalized spacial score (nSPS) is 8.07. The largest absolute Gasteiger partial charge is 0.481 e. The van der Waals surface area contributed by atoms with Gasteiger partial charge in [-0.15, -0.1) is 0 Å². The van der Waals surface area contributed by atoms with Crippen molar-refractivity contribution in [3.05, 3.63) is 0 Å². The van der Waals surface area contributed by atoms with E-state index in [1.54, 1.807) is 6.92 Å². The average molecular weight is 220 g/mol. The highest BCUT2D eigenvalue weighted by atomic mass is 16.4. The fourth-order valence-electron chi connectivity index (χ4n) is 0.714. The fraction of sp³-hybridized carbons (Fsp3) is 0.917. The minimum Gasteiger partial charge on any atom is -0.481 e. The zero-order valence-electron chi connectivity index (χ0n) is 10.8. The number of aliphatic hydroxyl groups excluding tert-OH is 1. The number of aliphatic hydroxyl groups is 1. The van der Waals surface area contributed by atoms with Gasteiger partial charge in [-0.05, 0) is 13.3 Å². The molecule has 0 aromatic carbocycles. The van der Waals surface area contributed by atoms with E-state index in [0.717, 1.165) is 6.42 Å². The Hall–Kier alpha value is -0.570. The standard InChI is InChI=1S/C6H14.C4H8O2.C2H6O/c1-3-5-6-4-2;1-2-3-4(5)6;1-2-3/h3-6H2,1-2H3;2-3H2,1H3,(H,5,6);3H,2H2,1H3. The van der Waals surface area contributed by atoms with Crippen LogP contribution in [-0.4, -0.2) is 22.8 Å². The third-order valence-corrected chi connectivity index (χ3v) is 1.42. The summed E-state index contributed by atoms with van der Waals surface area (Å²) in [5.74, 6) is -0.711. The lowest BCUT2D eigenvalue weighted by molar-refractivity contribution is -0.137. The first-order chi connectivity index (χ1) is 7.10. The third-order valence-electron chi connectivity index (χ3n) is 1.42. The van der Waals surface area contributed by atoms with E-state index in [0.29, 0.717) is 6.42 Å². The molecule has 3 heteroatoms. The first-order valence-corrected chi connectivity index (χ1v) is 5.93. The Labute approximate surface area is 94.5 Å². The molecule has 0 saturated heterocycles. The minimum absolute atomic E-state index is 0.250. The Kier molecular flexibility index (Phi) is 31.0. The van der Waals surface area contributed by atoms with Gasteiger partial charge in [-0.25, -0.2) is 0 Å². The molecule has 0 atom stereocenters. The molecule has 0 aliphatic carbocycles. The summed E-state index contributed by atoms with van der Waals surface area (Å²) >= 11 is 0. The van der Waals surface area contributed by atoms with Crippen LogP contribution in [-0.2, 0) is 4.79 Å². The third kappa shape index (κ3) is 59.5. The number of aliphatic carboxylic acids is 1. The van der Waals surface area contributed by atoms with Crippen molar-refractivity contribution in [2.75, 3.05) is 6.61 Å². The Balaban J connectivity index is -0.000000153. The molecule has 0 radical (unpaired) electrons. The number of carbonyl (C=O) groups is 1. The van der Waals surface area contributed by atoms with E-state index in [4.69, 9.17) is 10.2 Å². The lowest BCUT2D eigenvalue weighted by Gasteiger charge is -1.86. The van der Waals surface area contributed by atoms with E-state index in [1.165, 1.54) is 25.7 Å². The van der Waals surface area contributed by atoms with Crippen LogP contribution in [0.5, 0.6) is 0 Å². The van der Waals surface area contributed by atoms with Gasteiger partial charge in [0, 0.05) is 13.0 Å². The van der Waals surface area contributed by atoms with Crippen molar-refractivity contribution in [1.82, 2.24) is 0 Å². The molecule has 0 aliphatic rings. The van der Waals surface area contributed by atoms with Gasteiger partial charge in [-0.1, -0.05) is 46.5 Å². The second-order valence-corrected chi connectivity index (χ2v) is 3.17. The summed E-state index contributed by atoms with van der Waals surface area (Å²) in [5, 5.41) is 15.5. The molecule has 0 bridgehead atoms. The number of carboxylic acid groups (broad SMARTS) is 1. The Morgan fingerprint density at radius 1 is 0.933 bits per heavy atom. The van der Waals surface area contributed by atoms with E-state index >= 15 is 0 Å². The smallest absolute Gasteiger partial charge is 0.303 e. The van der Waals surface area contributed by atoms with Crippen LogP contribution >= 0.6 is 0 Å². The summed E-state index contributed by atoms with van der Waals surface area (Å²) in [7, 11) is 0. The summed E-state index contributed by atoms with van der Waals surface area (Å²) in [5.41, 5.74) is 0. The van der Waals surface area contributed by atoms with E-state index in [-0.39, 0.29) is 6.61 Å². The second-order valence-electron chi connectivity index (χ2n) is 3.17. The van der Waals surface area contributed by atoms with Crippen molar-refractivity contribution in [3.63, 3.8) is 0 Å². The number of hydrogen-bond donors (Lipinski definition) is 2. The van der Waals surface area contributed by atoms with Gasteiger partial charge in [0.15, 0.2) is 0 Å². The molecule has 0 rings (SSSR count). The van der Waals surface area contributed by atoms with Gasteiger partial charge in [0.25, 0.3) is 0 Å². The first-order valence-electron chi connectivity index (χ1n) is 5.93. The van der Waals surface area contributed by atoms with E-state index < -0.39 is 5.97 Å². The van der Waals surface area contributed by atoms with Crippen molar-refractivity contribution >= 4 is 5.97 Å². The monoisotopic (exact) mass is 220 g/mol. The second kappa shape index (κ2) is 23.3. The maximum atomic E-state index is 9.60. The molecule has 0 spiro atoms. The van der Waals surface area contributed by atoms with Crippen LogP contribution in [0.1, 0.15) is 66.2 Å². The van der Waals surface area contributed by atoms with Gasteiger partial charge in [0.2, 0.25) is 0 Å². The van der Waals surface area contributed by atoms with Gasteiger partial charge in [-0.2, -0.15) is 0 Å². The van der Waals surface area contributed by atoms with Gasteiger partial charge in [-0.3, -0.25) is 4.79 Å². The highest BCUT2D eigenvalue weighted by Gasteiger charge is 1.87. The molecule has 3 nitrogen and oxygen atoms in total. The van der Waals surface area contributed by atoms with E-state index in [9.17, 15) is 4.79 Å². The quantitative estimate of drug-likeness (QED) is 0.698. The number of unbranched alkanes of at least 4 members (excludes halogenated alkanes) is 3. The summed E-state index contributed by atoms with van der Waals surface area (Å²) in [4.78, 5) is 9.60. The predicted octanol–water partition coefficient (Wildman–Crippen LogP) is 3.46. The fourth-order valence-corrected chi connectivity index (χ4v) is 0.714. The van der Waals surface area contributed by atoms with Crippen LogP contribution in [0.15, 0.2) is 0 Å². The van der Waals surface area contributed by atoms with E-state index in [1.807, 2.05) is 6.92 Å². The SMILES string of the molecule is CCCC(=O)O.CCCCCC.CCO. The number of carboxylic acids is 1. The number of hydrogen-bond acceptors (Lipinski definition) is 2. The van der Waals surface area contributed by atoms with Crippen molar-refractivity contribution in [3.8, 4) is 0 Å². The summed E-state index contributed by atoms with van der Waals surface area (Å²) in [6.45, 7) is 8.24. The predicted molar refractivity (Wildman–Crippen MR) is 65.1 cm³/mol. The Morgan fingerprint density at radius 2 is 1.27 bits per heavy atom. The van der Waals surface area contributed by atoms with Crippen molar-refractivity contribution in [2.45, 2.75) is 66.2 Å². The molecule has 15 heavy (non-hydrogen) atoms. The molecule has 0 saturated carbocycles. The summed E-state index contributed by atoms with van der Waals surface area (Å²) in [6.07, 6.45) is 6.56. The van der Waals surface area contributed by atoms with Crippen LogP contribution in [0, 0.1) is 0 Å². The molecular weight excluding hydrogens is 192 g/mol. The lowest BCUT2D eigenvalue weighted by atomic mass is 10.2. The van der Waals surface area contributed by atoms with Crippen LogP contribution in [0.4, 0.5) is 0 Å². The maximum absolute atomic E-state index is 9.60. The molecule has 0 aliphatic heterocycles. The van der Waals surface area contributed by atoms with Crippen molar-refractivity contribution in [1.29, 1.82) is 0 Å². The van der Waals surface area contributed by atoms with Crippen LogP contribution < -0.4 is 0 Å². The topological polar surface area (TPSA) is 57.5 Å². The Bertz CT molecular complexity index is 99.0. The van der Waals surface area contributed by atoms with Crippen molar-refractivity contribution in [2.24, 2.45) is 0 Å². The zero-order valence-corrected chi connectivity index (χ0v) is 10.8. The van der Waals surface area contributed by atoms with Crippen LogP contribution in [0.3, 0.4) is 0 Å².